The van der Waals surface area contributed by atoms with Crippen LogP contribution in [-0.2, 0) is 16.1 Å². The van der Waals surface area contributed by atoms with Gasteiger partial charge in [0.25, 0.3) is 5.91 Å². The molecular formula is C21H27ClN4O3. The Labute approximate surface area is 176 Å². The number of benzene rings is 1. The molecular weight excluding hydrogens is 392 g/mol. The van der Waals surface area contributed by atoms with Gasteiger partial charge in [-0.05, 0) is 43.2 Å². The molecule has 0 saturated heterocycles. The average Bonchev–Trinajstić information content (AvgIpc) is 2.91. The van der Waals surface area contributed by atoms with E-state index in [2.05, 4.69) is 24.3 Å². The molecule has 2 amide bonds. The number of amides is 2. The number of likely N-dealkylation sites (N-methyl/N-ethyl adjacent to an activating group) is 1. The van der Waals surface area contributed by atoms with Crippen molar-refractivity contribution in [2.24, 2.45) is 5.92 Å². The maximum atomic E-state index is 12.2. The van der Waals surface area contributed by atoms with E-state index in [4.69, 9.17) is 16.3 Å². The maximum Gasteiger partial charge on any atom is 0.259 e. The highest BCUT2D eigenvalue weighted by Crippen LogP contribution is 2.22. The Hall–Kier alpha value is -2.80. The highest BCUT2D eigenvalue weighted by molar-refractivity contribution is 6.31. The van der Waals surface area contributed by atoms with E-state index in [1.54, 1.807) is 49.1 Å². The molecule has 0 saturated carbocycles. The van der Waals surface area contributed by atoms with E-state index in [-0.39, 0.29) is 18.4 Å². The molecule has 29 heavy (non-hydrogen) atoms. The molecule has 0 aliphatic rings. The summed E-state index contributed by atoms with van der Waals surface area (Å²) in [5.74, 6) is 0.556. The second-order valence-corrected chi connectivity index (χ2v) is 7.65. The van der Waals surface area contributed by atoms with E-state index in [0.717, 1.165) is 11.3 Å². The number of nitrogens with zero attached hydrogens (tertiary/aromatic N) is 3. The lowest BCUT2D eigenvalue weighted by Gasteiger charge is -2.11. The summed E-state index contributed by atoms with van der Waals surface area (Å²) in [6, 6.07) is 6.80. The molecule has 7 nitrogen and oxygen atoms in total. The molecule has 0 atom stereocenters. The van der Waals surface area contributed by atoms with Gasteiger partial charge in [0, 0.05) is 38.0 Å². The van der Waals surface area contributed by atoms with Crippen LogP contribution in [-0.4, -0.2) is 47.2 Å². The maximum absolute atomic E-state index is 12.2. The van der Waals surface area contributed by atoms with Gasteiger partial charge >= 0.3 is 0 Å². The first-order chi connectivity index (χ1) is 13.7. The van der Waals surface area contributed by atoms with E-state index >= 15 is 0 Å². The Morgan fingerprint density at radius 3 is 2.52 bits per heavy atom. The number of hydrogen-bond acceptors (Lipinski definition) is 4. The molecule has 1 heterocycles. The van der Waals surface area contributed by atoms with Gasteiger partial charge < -0.3 is 15.0 Å². The van der Waals surface area contributed by atoms with Crippen LogP contribution in [0.3, 0.4) is 0 Å². The number of carbonyl (C=O) groups excluding carboxylic acids is 2. The van der Waals surface area contributed by atoms with Crippen molar-refractivity contribution in [2.45, 2.75) is 27.3 Å². The molecule has 8 heteroatoms. The SMILES string of the molecule is Cc1nn(CC(C)C)c(Cl)c1/C=C/C(=O)Nc1ccc(OCC(=O)N(C)C)cc1. The topological polar surface area (TPSA) is 76.5 Å². The van der Waals surface area contributed by atoms with Crippen LogP contribution in [0.5, 0.6) is 5.75 Å². The minimum absolute atomic E-state index is 0.0357. The van der Waals surface area contributed by atoms with Crippen LogP contribution >= 0.6 is 11.6 Å². The lowest BCUT2D eigenvalue weighted by atomic mass is 10.2. The van der Waals surface area contributed by atoms with E-state index in [1.807, 2.05) is 6.92 Å². The second-order valence-electron chi connectivity index (χ2n) is 7.29. The molecule has 156 valence electrons. The van der Waals surface area contributed by atoms with Gasteiger partial charge in [0.2, 0.25) is 5.91 Å². The summed E-state index contributed by atoms with van der Waals surface area (Å²) in [7, 11) is 3.34. The molecule has 0 spiro atoms. The highest BCUT2D eigenvalue weighted by atomic mass is 35.5. The van der Waals surface area contributed by atoms with Crippen molar-refractivity contribution >= 4 is 35.2 Å². The summed E-state index contributed by atoms with van der Waals surface area (Å²) in [5, 5.41) is 7.72. The summed E-state index contributed by atoms with van der Waals surface area (Å²) >= 11 is 6.38. The van der Waals surface area contributed by atoms with Gasteiger partial charge in [0.1, 0.15) is 10.9 Å². The first-order valence-corrected chi connectivity index (χ1v) is 9.70. The molecule has 2 aromatic rings. The molecule has 0 bridgehead atoms. The van der Waals surface area contributed by atoms with Crippen LogP contribution in [0.1, 0.15) is 25.1 Å². The van der Waals surface area contributed by atoms with Crippen molar-refractivity contribution in [2.75, 3.05) is 26.0 Å². The average molecular weight is 419 g/mol. The number of aryl methyl sites for hydroxylation is 1. The van der Waals surface area contributed by atoms with Crippen molar-refractivity contribution in [3.05, 3.63) is 46.8 Å². The van der Waals surface area contributed by atoms with E-state index in [0.29, 0.717) is 29.1 Å². The van der Waals surface area contributed by atoms with E-state index < -0.39 is 0 Å². The Morgan fingerprint density at radius 1 is 1.28 bits per heavy atom. The van der Waals surface area contributed by atoms with Crippen LogP contribution in [0.25, 0.3) is 6.08 Å². The molecule has 2 rings (SSSR count). The van der Waals surface area contributed by atoms with Crippen molar-refractivity contribution in [3.8, 4) is 5.75 Å². The number of anilines is 1. The predicted molar refractivity (Wildman–Crippen MR) is 115 cm³/mol. The number of carbonyl (C=O) groups is 2. The molecule has 0 radical (unpaired) electrons. The van der Waals surface area contributed by atoms with Crippen molar-refractivity contribution in [1.82, 2.24) is 14.7 Å². The van der Waals surface area contributed by atoms with Crippen molar-refractivity contribution in [1.29, 1.82) is 0 Å². The van der Waals surface area contributed by atoms with Crippen molar-refractivity contribution in [3.63, 3.8) is 0 Å². The minimum Gasteiger partial charge on any atom is -0.484 e. The van der Waals surface area contributed by atoms with E-state index in [9.17, 15) is 9.59 Å². The van der Waals surface area contributed by atoms with Crippen LogP contribution in [0.4, 0.5) is 5.69 Å². The summed E-state index contributed by atoms with van der Waals surface area (Å²) in [4.78, 5) is 25.2. The van der Waals surface area contributed by atoms with E-state index in [1.165, 1.54) is 11.0 Å². The predicted octanol–water partition coefficient (Wildman–Crippen LogP) is 3.62. The van der Waals surface area contributed by atoms with Gasteiger partial charge in [-0.3, -0.25) is 14.3 Å². The summed E-state index contributed by atoms with van der Waals surface area (Å²) in [6.07, 6.45) is 3.09. The van der Waals surface area contributed by atoms with Gasteiger partial charge in [0.15, 0.2) is 6.61 Å². The van der Waals surface area contributed by atoms with Crippen LogP contribution in [0.2, 0.25) is 5.15 Å². The zero-order chi connectivity index (χ0) is 21.6. The normalized spacial score (nSPS) is 11.1. The molecule has 0 fully saturated rings. The highest BCUT2D eigenvalue weighted by Gasteiger charge is 2.12. The quantitative estimate of drug-likeness (QED) is 0.664. The molecule has 0 aliphatic carbocycles. The zero-order valence-electron chi connectivity index (χ0n) is 17.4. The third-order valence-corrected chi connectivity index (χ3v) is 4.43. The Bertz CT molecular complexity index is 886. The summed E-state index contributed by atoms with van der Waals surface area (Å²) < 4.78 is 7.16. The number of ether oxygens (including phenoxy) is 1. The monoisotopic (exact) mass is 418 g/mol. The number of aromatic nitrogens is 2. The smallest absolute Gasteiger partial charge is 0.259 e. The fourth-order valence-corrected chi connectivity index (χ4v) is 2.78. The van der Waals surface area contributed by atoms with Gasteiger partial charge in [-0.2, -0.15) is 5.10 Å². The van der Waals surface area contributed by atoms with Crippen LogP contribution in [0.15, 0.2) is 30.3 Å². The first kappa shape index (κ1) is 22.5. The first-order valence-electron chi connectivity index (χ1n) is 9.32. The molecule has 1 aromatic heterocycles. The van der Waals surface area contributed by atoms with Gasteiger partial charge in [-0.15, -0.1) is 0 Å². The number of halogens is 1. The molecule has 0 unspecified atom stereocenters. The van der Waals surface area contributed by atoms with Crippen LogP contribution < -0.4 is 10.1 Å². The Morgan fingerprint density at radius 2 is 1.93 bits per heavy atom. The second kappa shape index (κ2) is 10.1. The number of rotatable bonds is 8. The third kappa shape index (κ3) is 6.64. The van der Waals surface area contributed by atoms with Crippen LogP contribution in [0, 0.1) is 12.8 Å². The molecule has 1 N–H and O–H groups in total. The van der Waals surface area contributed by atoms with Gasteiger partial charge in [0.05, 0.1) is 5.69 Å². The lowest BCUT2D eigenvalue weighted by Crippen LogP contribution is -2.27. The lowest BCUT2D eigenvalue weighted by molar-refractivity contribution is -0.130. The molecule has 0 aliphatic heterocycles. The fraction of sp³-hybridized carbons (Fsp3) is 0.381. The Balaban J connectivity index is 1.95. The Kier molecular flexibility index (Phi) is 7.84. The largest absolute Gasteiger partial charge is 0.484 e. The third-order valence-electron chi connectivity index (χ3n) is 4.03. The minimum atomic E-state index is -0.284. The number of hydrogen-bond donors (Lipinski definition) is 1. The van der Waals surface area contributed by atoms with Gasteiger partial charge in [-0.25, -0.2) is 0 Å². The summed E-state index contributed by atoms with van der Waals surface area (Å²) in [6.45, 7) is 6.72. The fourth-order valence-electron chi connectivity index (χ4n) is 2.47. The molecule has 1 aromatic carbocycles. The number of nitrogens with one attached hydrogen (secondary N) is 1. The van der Waals surface area contributed by atoms with Gasteiger partial charge in [-0.1, -0.05) is 25.4 Å². The van der Waals surface area contributed by atoms with Crippen molar-refractivity contribution < 1.29 is 14.3 Å². The standard InChI is InChI=1S/C21H27ClN4O3/c1-14(2)12-26-21(22)18(15(3)24-26)10-11-19(27)23-16-6-8-17(9-7-16)29-13-20(28)25(4)5/h6-11,14H,12-13H2,1-5H3,(H,23,27)/b11-10+. The zero-order valence-corrected chi connectivity index (χ0v) is 18.2. The summed E-state index contributed by atoms with van der Waals surface area (Å²) in [5.41, 5.74) is 2.12.